The predicted molar refractivity (Wildman–Crippen MR) is 97.2 cm³/mol. The van der Waals surface area contributed by atoms with E-state index in [1.807, 2.05) is 26.8 Å². The lowest BCUT2D eigenvalue weighted by molar-refractivity contribution is -0.383. The molecule has 138 valence electrons. The van der Waals surface area contributed by atoms with Crippen LogP contribution in [-0.4, -0.2) is 42.8 Å². The normalized spacial score (nSPS) is 17.8. The molecule has 0 bridgehead atoms. The van der Waals surface area contributed by atoms with E-state index in [1.54, 1.807) is 13.1 Å². The van der Waals surface area contributed by atoms with E-state index in [1.165, 1.54) is 6.07 Å². The Kier molecular flexibility index (Phi) is 5.71. The number of nitrogens with zero attached hydrogens (tertiary/aromatic N) is 2. The third kappa shape index (κ3) is 4.98. The number of rotatable bonds is 4. The standard InChI is InChI=1S/C17H26N4O4/c1-17(2,3)25-16(22)19-12-7-6-10-20(11-12)13-8-5-9-14(21(23)24)15(13)18-4/h5,8-9,12,18H,6-7,10-11H2,1-4H3,(H,19,22)/t12-/m0/s1. The highest BCUT2D eigenvalue weighted by Gasteiger charge is 2.27. The van der Waals surface area contributed by atoms with E-state index in [4.69, 9.17) is 4.74 Å². The minimum atomic E-state index is -0.544. The Morgan fingerprint density at radius 2 is 2.12 bits per heavy atom. The second-order valence-electron chi connectivity index (χ2n) is 7.11. The first-order valence-corrected chi connectivity index (χ1v) is 8.41. The number of amides is 1. The molecule has 1 aliphatic rings. The van der Waals surface area contributed by atoms with Crippen molar-refractivity contribution in [2.24, 2.45) is 0 Å². The quantitative estimate of drug-likeness (QED) is 0.640. The van der Waals surface area contributed by atoms with E-state index in [0.717, 1.165) is 25.1 Å². The molecule has 25 heavy (non-hydrogen) atoms. The van der Waals surface area contributed by atoms with Crippen molar-refractivity contribution >= 4 is 23.2 Å². The topological polar surface area (TPSA) is 96.7 Å². The molecule has 0 unspecified atom stereocenters. The van der Waals surface area contributed by atoms with Gasteiger partial charge in [0.1, 0.15) is 11.3 Å². The summed E-state index contributed by atoms with van der Waals surface area (Å²) in [5.41, 5.74) is 0.762. The van der Waals surface area contributed by atoms with Gasteiger partial charge in [-0.3, -0.25) is 10.1 Å². The molecule has 1 aromatic rings. The first kappa shape index (κ1) is 18.8. The molecule has 1 aliphatic heterocycles. The predicted octanol–water partition coefficient (Wildman–Crippen LogP) is 3.13. The molecule has 1 aromatic carbocycles. The number of hydrogen-bond donors (Lipinski definition) is 2. The maximum Gasteiger partial charge on any atom is 0.407 e. The summed E-state index contributed by atoms with van der Waals surface area (Å²) in [6, 6.07) is 4.96. The van der Waals surface area contributed by atoms with Gasteiger partial charge in [-0.1, -0.05) is 6.07 Å². The van der Waals surface area contributed by atoms with Crippen LogP contribution in [0.4, 0.5) is 21.9 Å². The number of anilines is 2. The lowest BCUT2D eigenvalue weighted by Crippen LogP contribution is -2.49. The van der Waals surface area contributed by atoms with Gasteiger partial charge in [-0.05, 0) is 39.7 Å². The van der Waals surface area contributed by atoms with Crippen LogP contribution in [0.1, 0.15) is 33.6 Å². The smallest absolute Gasteiger partial charge is 0.407 e. The van der Waals surface area contributed by atoms with Crippen LogP contribution >= 0.6 is 0 Å². The number of piperidine rings is 1. The van der Waals surface area contributed by atoms with E-state index < -0.39 is 16.6 Å². The number of nitro groups is 1. The van der Waals surface area contributed by atoms with Gasteiger partial charge in [-0.15, -0.1) is 0 Å². The highest BCUT2D eigenvalue weighted by molar-refractivity contribution is 5.79. The Labute approximate surface area is 147 Å². The average Bonchev–Trinajstić information content (AvgIpc) is 2.52. The molecule has 1 amide bonds. The molecule has 0 radical (unpaired) electrons. The van der Waals surface area contributed by atoms with Gasteiger partial charge in [0.15, 0.2) is 0 Å². The lowest BCUT2D eigenvalue weighted by Gasteiger charge is -2.35. The molecule has 0 aromatic heterocycles. The zero-order chi connectivity index (χ0) is 18.6. The second kappa shape index (κ2) is 7.58. The SMILES string of the molecule is CNc1c(N2CCC[C@H](NC(=O)OC(C)(C)C)C2)cccc1[N+](=O)[O-]. The van der Waals surface area contributed by atoms with Crippen molar-refractivity contribution in [2.75, 3.05) is 30.4 Å². The van der Waals surface area contributed by atoms with Crippen LogP contribution in [-0.2, 0) is 4.74 Å². The van der Waals surface area contributed by atoms with Crippen molar-refractivity contribution in [3.05, 3.63) is 28.3 Å². The molecule has 1 fully saturated rings. The van der Waals surface area contributed by atoms with Crippen molar-refractivity contribution in [3.8, 4) is 0 Å². The fraction of sp³-hybridized carbons (Fsp3) is 0.588. The first-order valence-electron chi connectivity index (χ1n) is 8.41. The van der Waals surface area contributed by atoms with Crippen LogP contribution in [0.15, 0.2) is 18.2 Å². The van der Waals surface area contributed by atoms with Gasteiger partial charge in [0, 0.05) is 32.2 Å². The minimum absolute atomic E-state index is 0.0437. The van der Waals surface area contributed by atoms with Gasteiger partial charge < -0.3 is 20.3 Å². The summed E-state index contributed by atoms with van der Waals surface area (Å²) in [4.78, 5) is 24.9. The van der Waals surface area contributed by atoms with Crippen molar-refractivity contribution < 1.29 is 14.5 Å². The lowest BCUT2D eigenvalue weighted by atomic mass is 10.0. The van der Waals surface area contributed by atoms with Gasteiger partial charge in [-0.2, -0.15) is 0 Å². The summed E-state index contributed by atoms with van der Waals surface area (Å²) in [6.07, 6.45) is 1.29. The monoisotopic (exact) mass is 350 g/mol. The van der Waals surface area contributed by atoms with Crippen LogP contribution in [0.25, 0.3) is 0 Å². The fourth-order valence-corrected chi connectivity index (χ4v) is 2.99. The Morgan fingerprint density at radius 3 is 2.72 bits per heavy atom. The van der Waals surface area contributed by atoms with E-state index in [0.29, 0.717) is 12.2 Å². The fourth-order valence-electron chi connectivity index (χ4n) is 2.99. The summed E-state index contributed by atoms with van der Waals surface area (Å²) in [7, 11) is 1.67. The molecule has 2 rings (SSSR count). The molecule has 1 atom stereocenters. The highest BCUT2D eigenvalue weighted by atomic mass is 16.6. The summed E-state index contributed by atoms with van der Waals surface area (Å²) in [6.45, 7) is 6.82. The largest absolute Gasteiger partial charge is 0.444 e. The third-order valence-electron chi connectivity index (χ3n) is 3.95. The zero-order valence-corrected chi connectivity index (χ0v) is 15.2. The number of alkyl carbamates (subject to hydrolysis) is 1. The van der Waals surface area contributed by atoms with Crippen LogP contribution in [0.5, 0.6) is 0 Å². The number of ether oxygens (including phenoxy) is 1. The molecule has 8 nitrogen and oxygen atoms in total. The molecular formula is C17H26N4O4. The summed E-state index contributed by atoms with van der Waals surface area (Å²) >= 11 is 0. The molecular weight excluding hydrogens is 324 g/mol. The van der Waals surface area contributed by atoms with Crippen LogP contribution in [0.2, 0.25) is 0 Å². The van der Waals surface area contributed by atoms with E-state index >= 15 is 0 Å². The Morgan fingerprint density at radius 1 is 1.40 bits per heavy atom. The van der Waals surface area contributed by atoms with Gasteiger partial charge in [0.2, 0.25) is 0 Å². The average molecular weight is 350 g/mol. The first-order chi connectivity index (χ1) is 11.7. The third-order valence-corrected chi connectivity index (χ3v) is 3.95. The van der Waals surface area contributed by atoms with E-state index in [2.05, 4.69) is 15.5 Å². The Bertz CT molecular complexity index is 642. The number of hydrogen-bond acceptors (Lipinski definition) is 6. The highest BCUT2D eigenvalue weighted by Crippen LogP contribution is 2.35. The van der Waals surface area contributed by atoms with Gasteiger partial charge in [0.05, 0.1) is 10.6 Å². The van der Waals surface area contributed by atoms with Gasteiger partial charge >= 0.3 is 6.09 Å². The molecule has 1 saturated heterocycles. The van der Waals surface area contributed by atoms with Gasteiger partial charge in [-0.25, -0.2) is 4.79 Å². The van der Waals surface area contributed by atoms with Crippen molar-refractivity contribution in [1.29, 1.82) is 0 Å². The van der Waals surface area contributed by atoms with E-state index in [-0.39, 0.29) is 11.7 Å². The molecule has 2 N–H and O–H groups in total. The van der Waals surface area contributed by atoms with Gasteiger partial charge in [0.25, 0.3) is 5.69 Å². The van der Waals surface area contributed by atoms with Crippen molar-refractivity contribution in [2.45, 2.75) is 45.3 Å². The molecule has 0 spiro atoms. The van der Waals surface area contributed by atoms with Crippen LogP contribution < -0.4 is 15.5 Å². The summed E-state index contributed by atoms with van der Waals surface area (Å²) in [5.74, 6) is 0. The minimum Gasteiger partial charge on any atom is -0.444 e. The molecule has 1 heterocycles. The zero-order valence-electron chi connectivity index (χ0n) is 15.2. The van der Waals surface area contributed by atoms with E-state index in [9.17, 15) is 14.9 Å². The summed E-state index contributed by atoms with van der Waals surface area (Å²) in [5, 5.41) is 17.1. The number of carbonyl (C=O) groups excluding carboxylic acids is 1. The Hall–Kier alpha value is -2.51. The van der Waals surface area contributed by atoms with Crippen LogP contribution in [0.3, 0.4) is 0 Å². The number of benzene rings is 1. The number of para-hydroxylation sites is 1. The maximum atomic E-state index is 12.0. The summed E-state index contributed by atoms with van der Waals surface area (Å²) < 4.78 is 5.31. The number of nitro benzene ring substituents is 1. The Balaban J connectivity index is 2.12. The number of nitrogens with one attached hydrogen (secondary N) is 2. The second-order valence-corrected chi connectivity index (χ2v) is 7.11. The number of carbonyl (C=O) groups is 1. The molecule has 8 heteroatoms. The molecule has 0 saturated carbocycles. The maximum absolute atomic E-state index is 12.0. The van der Waals surface area contributed by atoms with Crippen LogP contribution in [0, 0.1) is 10.1 Å². The van der Waals surface area contributed by atoms with Crippen molar-refractivity contribution in [3.63, 3.8) is 0 Å². The van der Waals surface area contributed by atoms with Crippen molar-refractivity contribution in [1.82, 2.24) is 5.32 Å². The molecule has 0 aliphatic carbocycles.